The lowest BCUT2D eigenvalue weighted by Gasteiger charge is -2.17. The summed E-state index contributed by atoms with van der Waals surface area (Å²) in [5, 5.41) is 4.03. The van der Waals surface area contributed by atoms with E-state index >= 15 is 0 Å². The number of methoxy groups -OCH3 is 1. The highest BCUT2D eigenvalue weighted by Crippen LogP contribution is 2.34. The molecule has 7 heteroatoms. The smallest absolute Gasteiger partial charge is 0.261 e. The van der Waals surface area contributed by atoms with E-state index in [1.807, 2.05) is 18.2 Å². The van der Waals surface area contributed by atoms with Crippen LogP contribution in [0.2, 0.25) is 0 Å². The van der Waals surface area contributed by atoms with E-state index in [2.05, 4.69) is 10.1 Å². The number of carbonyl (C=O) groups is 1. The summed E-state index contributed by atoms with van der Waals surface area (Å²) >= 11 is 0. The standard InChI is InChI=1S/C20H18FN3O3/c1-12-7-8-16(15(21)9-12)24-11-13(10-18(24)25)19-22-20(27-23-19)14-5-3-4-6-17(14)26-2/h3-9,13H,10-11H2,1-2H3. The molecule has 0 bridgehead atoms. The van der Waals surface area contributed by atoms with Crippen molar-refractivity contribution in [2.75, 3.05) is 18.6 Å². The second-order valence-corrected chi connectivity index (χ2v) is 6.52. The van der Waals surface area contributed by atoms with Crippen LogP contribution in [-0.2, 0) is 4.79 Å². The van der Waals surface area contributed by atoms with E-state index in [4.69, 9.17) is 9.26 Å². The van der Waals surface area contributed by atoms with Crippen molar-refractivity contribution < 1.29 is 18.4 Å². The monoisotopic (exact) mass is 367 g/mol. The number of rotatable bonds is 4. The topological polar surface area (TPSA) is 68.5 Å². The molecule has 1 saturated heterocycles. The van der Waals surface area contributed by atoms with Gasteiger partial charge in [0.05, 0.1) is 18.4 Å². The molecule has 1 atom stereocenters. The molecule has 2 heterocycles. The number of ether oxygens (including phenoxy) is 1. The summed E-state index contributed by atoms with van der Waals surface area (Å²) in [6, 6.07) is 12.2. The molecule has 1 aliphatic heterocycles. The number of nitrogens with zero attached hydrogens (tertiary/aromatic N) is 3. The minimum Gasteiger partial charge on any atom is -0.496 e. The first-order chi connectivity index (χ1) is 13.1. The molecule has 1 aliphatic rings. The Hall–Kier alpha value is -3.22. The van der Waals surface area contributed by atoms with Crippen LogP contribution < -0.4 is 9.64 Å². The van der Waals surface area contributed by atoms with Crippen LogP contribution in [0.5, 0.6) is 5.75 Å². The Morgan fingerprint density at radius 2 is 2.07 bits per heavy atom. The molecule has 3 aromatic rings. The van der Waals surface area contributed by atoms with Gasteiger partial charge in [0.2, 0.25) is 5.91 Å². The van der Waals surface area contributed by atoms with Gasteiger partial charge in [0, 0.05) is 18.9 Å². The zero-order valence-electron chi connectivity index (χ0n) is 15.0. The molecule has 0 aliphatic carbocycles. The Labute approximate surface area is 155 Å². The Balaban J connectivity index is 1.59. The summed E-state index contributed by atoms with van der Waals surface area (Å²) < 4.78 is 25.0. The SMILES string of the molecule is COc1ccccc1-c1nc(C2CC(=O)N(c3ccc(C)cc3F)C2)no1. The largest absolute Gasteiger partial charge is 0.496 e. The highest BCUT2D eigenvalue weighted by Gasteiger charge is 2.35. The van der Waals surface area contributed by atoms with Gasteiger partial charge >= 0.3 is 0 Å². The first-order valence-electron chi connectivity index (χ1n) is 8.60. The number of hydrogen-bond acceptors (Lipinski definition) is 5. The van der Waals surface area contributed by atoms with Crippen molar-refractivity contribution in [2.45, 2.75) is 19.3 Å². The van der Waals surface area contributed by atoms with E-state index < -0.39 is 5.82 Å². The summed E-state index contributed by atoms with van der Waals surface area (Å²) in [7, 11) is 1.57. The predicted molar refractivity (Wildman–Crippen MR) is 97.1 cm³/mol. The average molecular weight is 367 g/mol. The summed E-state index contributed by atoms with van der Waals surface area (Å²) in [4.78, 5) is 18.3. The van der Waals surface area contributed by atoms with Crippen LogP contribution in [0.1, 0.15) is 23.7 Å². The van der Waals surface area contributed by atoms with Gasteiger partial charge in [-0.2, -0.15) is 4.98 Å². The van der Waals surface area contributed by atoms with Gasteiger partial charge < -0.3 is 14.2 Å². The van der Waals surface area contributed by atoms with Crippen molar-refractivity contribution in [3.05, 3.63) is 59.7 Å². The predicted octanol–water partition coefficient (Wildman–Crippen LogP) is 3.71. The van der Waals surface area contributed by atoms with Gasteiger partial charge in [-0.25, -0.2) is 4.39 Å². The zero-order valence-corrected chi connectivity index (χ0v) is 15.0. The van der Waals surface area contributed by atoms with Gasteiger partial charge in [-0.05, 0) is 36.8 Å². The van der Waals surface area contributed by atoms with Gasteiger partial charge in [-0.3, -0.25) is 4.79 Å². The first kappa shape index (κ1) is 17.2. The summed E-state index contributed by atoms with van der Waals surface area (Å²) in [5.74, 6) is 0.552. The fourth-order valence-electron chi connectivity index (χ4n) is 3.28. The molecule has 0 spiro atoms. The molecule has 27 heavy (non-hydrogen) atoms. The van der Waals surface area contributed by atoms with Crippen LogP contribution in [0.15, 0.2) is 47.0 Å². The number of carbonyl (C=O) groups excluding carboxylic acids is 1. The molecule has 0 N–H and O–H groups in total. The fraction of sp³-hybridized carbons (Fsp3) is 0.250. The van der Waals surface area contributed by atoms with E-state index in [1.54, 1.807) is 32.2 Å². The highest BCUT2D eigenvalue weighted by atomic mass is 19.1. The van der Waals surface area contributed by atoms with Crippen molar-refractivity contribution in [3.63, 3.8) is 0 Å². The lowest BCUT2D eigenvalue weighted by Crippen LogP contribution is -2.25. The van der Waals surface area contributed by atoms with Crippen molar-refractivity contribution in [3.8, 4) is 17.2 Å². The van der Waals surface area contributed by atoms with Crippen molar-refractivity contribution in [1.29, 1.82) is 0 Å². The van der Waals surface area contributed by atoms with Gasteiger partial charge in [0.25, 0.3) is 5.89 Å². The second kappa shape index (κ2) is 6.83. The maximum atomic E-state index is 14.3. The number of benzene rings is 2. The molecule has 1 amide bonds. The first-order valence-corrected chi connectivity index (χ1v) is 8.60. The molecule has 0 saturated carbocycles. The number of amides is 1. The Morgan fingerprint density at radius 3 is 2.85 bits per heavy atom. The van der Waals surface area contributed by atoms with E-state index in [-0.39, 0.29) is 23.9 Å². The number of halogens is 1. The van der Waals surface area contributed by atoms with Gasteiger partial charge in [-0.15, -0.1) is 0 Å². The minimum atomic E-state index is -0.410. The number of para-hydroxylation sites is 1. The Bertz CT molecular complexity index is 1000. The molecule has 2 aromatic carbocycles. The van der Waals surface area contributed by atoms with Crippen LogP contribution in [0.25, 0.3) is 11.5 Å². The maximum Gasteiger partial charge on any atom is 0.261 e. The zero-order chi connectivity index (χ0) is 19.0. The van der Waals surface area contributed by atoms with Crippen molar-refractivity contribution >= 4 is 11.6 Å². The van der Waals surface area contributed by atoms with Crippen LogP contribution >= 0.6 is 0 Å². The van der Waals surface area contributed by atoms with Crippen LogP contribution in [0, 0.1) is 12.7 Å². The minimum absolute atomic E-state index is 0.161. The van der Waals surface area contributed by atoms with E-state index in [9.17, 15) is 9.18 Å². The van der Waals surface area contributed by atoms with Crippen LogP contribution in [-0.4, -0.2) is 29.7 Å². The third kappa shape index (κ3) is 3.16. The molecular formula is C20H18FN3O3. The average Bonchev–Trinajstić information content (AvgIpc) is 3.29. The van der Waals surface area contributed by atoms with Crippen LogP contribution in [0.4, 0.5) is 10.1 Å². The van der Waals surface area contributed by atoms with Gasteiger partial charge in [-0.1, -0.05) is 23.4 Å². The van der Waals surface area contributed by atoms with Crippen molar-refractivity contribution in [2.24, 2.45) is 0 Å². The van der Waals surface area contributed by atoms with E-state index in [0.717, 1.165) is 5.56 Å². The molecule has 138 valence electrons. The molecular weight excluding hydrogens is 349 g/mol. The summed E-state index contributed by atoms with van der Waals surface area (Å²) in [6.07, 6.45) is 0.207. The van der Waals surface area contributed by atoms with Crippen molar-refractivity contribution in [1.82, 2.24) is 10.1 Å². The number of anilines is 1. The number of aryl methyl sites for hydroxylation is 1. The molecule has 4 rings (SSSR count). The molecule has 6 nitrogen and oxygen atoms in total. The normalized spacial score (nSPS) is 16.8. The summed E-state index contributed by atoms with van der Waals surface area (Å²) in [5.41, 5.74) is 1.77. The molecule has 1 aromatic heterocycles. The second-order valence-electron chi connectivity index (χ2n) is 6.52. The third-order valence-electron chi connectivity index (χ3n) is 4.66. The number of aromatic nitrogens is 2. The highest BCUT2D eigenvalue weighted by molar-refractivity contribution is 5.96. The van der Waals surface area contributed by atoms with Gasteiger partial charge in [0.15, 0.2) is 5.82 Å². The lowest BCUT2D eigenvalue weighted by atomic mass is 10.1. The molecule has 1 unspecified atom stereocenters. The third-order valence-corrected chi connectivity index (χ3v) is 4.66. The number of hydrogen-bond donors (Lipinski definition) is 0. The summed E-state index contributed by atoms with van der Waals surface area (Å²) in [6.45, 7) is 2.11. The van der Waals surface area contributed by atoms with Crippen LogP contribution in [0.3, 0.4) is 0 Å². The quantitative estimate of drug-likeness (QED) is 0.703. The van der Waals surface area contributed by atoms with E-state index in [0.29, 0.717) is 29.6 Å². The van der Waals surface area contributed by atoms with Gasteiger partial charge in [0.1, 0.15) is 11.6 Å². The Morgan fingerprint density at radius 1 is 1.26 bits per heavy atom. The fourth-order valence-corrected chi connectivity index (χ4v) is 3.28. The maximum absolute atomic E-state index is 14.3. The Kier molecular flexibility index (Phi) is 4.35. The van der Waals surface area contributed by atoms with E-state index in [1.165, 1.54) is 11.0 Å². The molecule has 1 fully saturated rings. The molecule has 0 radical (unpaired) electrons. The lowest BCUT2D eigenvalue weighted by molar-refractivity contribution is -0.117.